The lowest BCUT2D eigenvalue weighted by molar-refractivity contribution is 0.341. The van der Waals surface area contributed by atoms with Crippen molar-refractivity contribution in [2.75, 3.05) is 18.1 Å². The van der Waals surface area contributed by atoms with Gasteiger partial charge in [-0.05, 0) is 24.3 Å². The first-order chi connectivity index (χ1) is 7.53. The summed E-state index contributed by atoms with van der Waals surface area (Å²) in [6.45, 7) is 0.0334. The first kappa shape index (κ1) is 12.8. The molecule has 0 atom stereocenters. The molecule has 6 heteroatoms. The Hall–Kier alpha value is -1.25. The van der Waals surface area contributed by atoms with Crippen molar-refractivity contribution >= 4 is 21.4 Å². The molecular formula is C10H10ClNO3S. The zero-order chi connectivity index (χ0) is 12.0. The Labute approximate surface area is 99.3 Å². The van der Waals surface area contributed by atoms with E-state index in [2.05, 4.69) is 0 Å². The number of halogens is 1. The normalized spacial score (nSPS) is 10.8. The lowest BCUT2D eigenvalue weighted by Crippen LogP contribution is -2.16. The molecule has 1 rings (SSSR count). The molecule has 0 spiro atoms. The highest BCUT2D eigenvalue weighted by Crippen LogP contribution is 2.15. The molecule has 0 radical (unpaired) electrons. The molecular weight excluding hydrogens is 250 g/mol. The highest BCUT2D eigenvalue weighted by Gasteiger charge is 2.09. The van der Waals surface area contributed by atoms with Crippen molar-refractivity contribution in [3.8, 4) is 11.8 Å². The molecule has 0 aliphatic carbocycles. The second-order valence-electron chi connectivity index (χ2n) is 3.05. The topological polar surface area (TPSA) is 67.2 Å². The first-order valence-corrected chi connectivity index (χ1v) is 6.69. The minimum Gasteiger partial charge on any atom is -0.493 e. The zero-order valence-electron chi connectivity index (χ0n) is 8.39. The summed E-state index contributed by atoms with van der Waals surface area (Å²) in [7, 11) is -3.32. The van der Waals surface area contributed by atoms with Gasteiger partial charge in [-0.25, -0.2) is 8.42 Å². The SMILES string of the molecule is N#CCS(=O)(=O)CCOc1ccc(Cl)cc1. The Balaban J connectivity index is 2.42. The van der Waals surface area contributed by atoms with Crippen LogP contribution in [0.25, 0.3) is 0 Å². The molecule has 1 aromatic carbocycles. The molecule has 1 aromatic rings. The zero-order valence-corrected chi connectivity index (χ0v) is 9.96. The van der Waals surface area contributed by atoms with Crippen LogP contribution < -0.4 is 4.74 Å². The van der Waals surface area contributed by atoms with Gasteiger partial charge >= 0.3 is 0 Å². The van der Waals surface area contributed by atoms with Crippen LogP contribution in [0.3, 0.4) is 0 Å². The average molecular weight is 260 g/mol. The van der Waals surface area contributed by atoms with E-state index in [-0.39, 0.29) is 12.4 Å². The van der Waals surface area contributed by atoms with Crippen LogP contribution in [-0.2, 0) is 9.84 Å². The number of rotatable bonds is 5. The second kappa shape index (κ2) is 5.73. The number of benzene rings is 1. The lowest BCUT2D eigenvalue weighted by Gasteiger charge is -2.05. The number of ether oxygens (including phenoxy) is 1. The van der Waals surface area contributed by atoms with Gasteiger partial charge in [-0.15, -0.1) is 0 Å². The van der Waals surface area contributed by atoms with Gasteiger partial charge in [0.25, 0.3) is 0 Å². The fraction of sp³-hybridized carbons (Fsp3) is 0.300. The van der Waals surface area contributed by atoms with E-state index in [1.54, 1.807) is 30.3 Å². The molecule has 86 valence electrons. The van der Waals surface area contributed by atoms with E-state index in [1.807, 2.05) is 0 Å². The van der Waals surface area contributed by atoms with Gasteiger partial charge in [0.1, 0.15) is 18.1 Å². The second-order valence-corrected chi connectivity index (χ2v) is 5.67. The van der Waals surface area contributed by atoms with Crippen LogP contribution in [0.15, 0.2) is 24.3 Å². The summed E-state index contributed by atoms with van der Waals surface area (Å²) in [6, 6.07) is 8.21. The Morgan fingerprint density at radius 1 is 1.31 bits per heavy atom. The highest BCUT2D eigenvalue weighted by atomic mass is 35.5. The van der Waals surface area contributed by atoms with Gasteiger partial charge in [-0.1, -0.05) is 11.6 Å². The van der Waals surface area contributed by atoms with Gasteiger partial charge in [0.05, 0.1) is 11.8 Å². The van der Waals surface area contributed by atoms with Crippen molar-refractivity contribution in [3.63, 3.8) is 0 Å². The van der Waals surface area contributed by atoms with E-state index in [4.69, 9.17) is 21.6 Å². The molecule has 0 heterocycles. The molecule has 0 fully saturated rings. The summed E-state index contributed by atoms with van der Waals surface area (Å²) in [5.74, 6) is -0.0864. The first-order valence-electron chi connectivity index (χ1n) is 4.49. The van der Waals surface area contributed by atoms with Gasteiger partial charge in [0, 0.05) is 5.02 Å². The van der Waals surface area contributed by atoms with Crippen molar-refractivity contribution in [1.29, 1.82) is 5.26 Å². The maximum absolute atomic E-state index is 11.2. The van der Waals surface area contributed by atoms with Crippen LogP contribution >= 0.6 is 11.6 Å². The van der Waals surface area contributed by atoms with Crippen molar-refractivity contribution in [1.82, 2.24) is 0 Å². The van der Waals surface area contributed by atoms with Crippen LogP contribution in [0.4, 0.5) is 0 Å². The third-order valence-corrected chi connectivity index (χ3v) is 3.37. The van der Waals surface area contributed by atoms with Gasteiger partial charge in [-0.2, -0.15) is 5.26 Å². The molecule has 16 heavy (non-hydrogen) atoms. The number of hydrogen-bond acceptors (Lipinski definition) is 4. The van der Waals surface area contributed by atoms with E-state index in [0.29, 0.717) is 10.8 Å². The van der Waals surface area contributed by atoms with Gasteiger partial charge < -0.3 is 4.74 Å². The molecule has 0 amide bonds. The number of nitrogens with zero attached hydrogens (tertiary/aromatic N) is 1. The summed E-state index contributed by atoms with van der Waals surface area (Å²) >= 11 is 5.67. The number of sulfone groups is 1. The predicted octanol–water partition coefficient (Wildman–Crippen LogP) is 1.66. The molecule has 0 aliphatic heterocycles. The maximum atomic E-state index is 11.2. The monoisotopic (exact) mass is 259 g/mol. The molecule has 0 unspecified atom stereocenters. The fourth-order valence-electron chi connectivity index (χ4n) is 0.988. The summed E-state index contributed by atoms with van der Waals surface area (Å²) in [6.07, 6.45) is 0. The third-order valence-electron chi connectivity index (χ3n) is 1.76. The summed E-state index contributed by atoms with van der Waals surface area (Å²) in [5, 5.41) is 8.85. The van der Waals surface area contributed by atoms with E-state index >= 15 is 0 Å². The molecule has 0 aliphatic rings. The quantitative estimate of drug-likeness (QED) is 0.807. The average Bonchev–Trinajstić information content (AvgIpc) is 2.20. The maximum Gasteiger partial charge on any atom is 0.166 e. The minimum absolute atomic E-state index is 0.0334. The van der Waals surface area contributed by atoms with Crippen LogP contribution in [0.2, 0.25) is 5.02 Å². The Morgan fingerprint density at radius 3 is 2.50 bits per heavy atom. The number of hydrogen-bond donors (Lipinski definition) is 0. The molecule has 0 saturated heterocycles. The Bertz CT molecular complexity index is 476. The standard InChI is InChI=1S/C10H10ClNO3S/c11-9-1-3-10(4-2-9)15-6-8-16(13,14)7-5-12/h1-4H,6-8H2. The summed E-state index contributed by atoms with van der Waals surface area (Å²) in [4.78, 5) is 0. The van der Waals surface area contributed by atoms with E-state index < -0.39 is 15.6 Å². The van der Waals surface area contributed by atoms with Crippen LogP contribution in [-0.4, -0.2) is 26.5 Å². The number of nitriles is 1. The van der Waals surface area contributed by atoms with Gasteiger partial charge in [0.2, 0.25) is 0 Å². The van der Waals surface area contributed by atoms with E-state index in [0.717, 1.165) is 0 Å². The molecule has 4 nitrogen and oxygen atoms in total. The molecule has 0 N–H and O–H groups in total. The summed E-state index contributed by atoms with van der Waals surface area (Å²) in [5.41, 5.74) is 0. The Morgan fingerprint density at radius 2 is 1.94 bits per heavy atom. The largest absolute Gasteiger partial charge is 0.493 e. The third kappa shape index (κ3) is 4.51. The predicted molar refractivity (Wildman–Crippen MR) is 61.2 cm³/mol. The van der Waals surface area contributed by atoms with Gasteiger partial charge in [-0.3, -0.25) is 0 Å². The molecule has 0 aromatic heterocycles. The van der Waals surface area contributed by atoms with Crippen LogP contribution in [0.5, 0.6) is 5.75 Å². The van der Waals surface area contributed by atoms with Crippen molar-refractivity contribution < 1.29 is 13.2 Å². The smallest absolute Gasteiger partial charge is 0.166 e. The summed E-state index contributed by atoms with van der Waals surface area (Å²) < 4.78 is 27.5. The van der Waals surface area contributed by atoms with Crippen LogP contribution in [0.1, 0.15) is 0 Å². The van der Waals surface area contributed by atoms with Gasteiger partial charge in [0.15, 0.2) is 9.84 Å². The van der Waals surface area contributed by atoms with E-state index in [1.165, 1.54) is 0 Å². The van der Waals surface area contributed by atoms with Crippen molar-refractivity contribution in [2.24, 2.45) is 0 Å². The minimum atomic E-state index is -3.32. The van der Waals surface area contributed by atoms with Crippen LogP contribution in [0, 0.1) is 11.3 Å². The van der Waals surface area contributed by atoms with E-state index in [9.17, 15) is 8.42 Å². The lowest BCUT2D eigenvalue weighted by atomic mass is 10.3. The molecule has 0 bridgehead atoms. The Kier molecular flexibility index (Phi) is 4.59. The van der Waals surface area contributed by atoms with Crippen molar-refractivity contribution in [2.45, 2.75) is 0 Å². The highest BCUT2D eigenvalue weighted by molar-refractivity contribution is 7.91. The molecule has 0 saturated carbocycles. The fourth-order valence-corrected chi connectivity index (χ4v) is 1.79. The van der Waals surface area contributed by atoms with Crippen molar-refractivity contribution in [3.05, 3.63) is 29.3 Å².